The first kappa shape index (κ1) is 18.9. The van der Waals surface area contributed by atoms with E-state index in [4.69, 9.17) is 10.5 Å². The van der Waals surface area contributed by atoms with Crippen LogP contribution in [0.2, 0.25) is 0 Å². The zero-order valence-corrected chi connectivity index (χ0v) is 14.2. The fourth-order valence-electron chi connectivity index (χ4n) is 2.56. The summed E-state index contributed by atoms with van der Waals surface area (Å²) in [4.78, 5) is 37.8. The lowest BCUT2D eigenvalue weighted by atomic mass is 10.0. The fourth-order valence-corrected chi connectivity index (χ4v) is 2.56. The molecule has 8 heteroatoms. The number of rotatable bonds is 5. The van der Waals surface area contributed by atoms with Gasteiger partial charge in [-0.2, -0.15) is 0 Å². The summed E-state index contributed by atoms with van der Waals surface area (Å²) in [5.41, 5.74) is 5.49. The van der Waals surface area contributed by atoms with Crippen LogP contribution in [0, 0.1) is 11.7 Å². The first-order chi connectivity index (χ1) is 11.8. The Morgan fingerprint density at radius 3 is 2.48 bits per heavy atom. The molecule has 1 aliphatic rings. The maximum absolute atomic E-state index is 13.0. The second kappa shape index (κ2) is 8.06. The van der Waals surface area contributed by atoms with Gasteiger partial charge in [-0.25, -0.2) is 4.39 Å². The lowest BCUT2D eigenvalue weighted by molar-refractivity contribution is -0.147. The molecule has 3 amide bonds. The molecule has 0 spiro atoms. The zero-order valence-electron chi connectivity index (χ0n) is 14.2. The first-order valence-corrected chi connectivity index (χ1v) is 8.05. The molecular formula is C17H22FN3O4. The highest BCUT2D eigenvalue weighted by Gasteiger charge is 2.33. The van der Waals surface area contributed by atoms with Gasteiger partial charge in [0.25, 0.3) is 5.91 Å². The Kier molecular flexibility index (Phi) is 6.08. The summed E-state index contributed by atoms with van der Waals surface area (Å²) in [6, 6.07) is 4.29. The van der Waals surface area contributed by atoms with Crippen molar-refractivity contribution in [1.29, 1.82) is 0 Å². The number of hydrogen-bond donors (Lipinski definition) is 2. The molecule has 0 saturated carbocycles. The SMILES string of the molecule is CC(C)C(NC(=O)c1ccc(F)cc1)C(=O)N1CCOC(C(N)=O)C1. The number of nitrogens with zero attached hydrogens (tertiary/aromatic N) is 1. The van der Waals surface area contributed by atoms with Crippen molar-refractivity contribution in [3.05, 3.63) is 35.6 Å². The number of halogens is 1. The maximum atomic E-state index is 13.0. The van der Waals surface area contributed by atoms with Crippen molar-refractivity contribution in [3.63, 3.8) is 0 Å². The smallest absolute Gasteiger partial charge is 0.251 e. The number of morpholine rings is 1. The summed E-state index contributed by atoms with van der Waals surface area (Å²) in [5.74, 6) is -2.02. The van der Waals surface area contributed by atoms with Gasteiger partial charge in [0.05, 0.1) is 13.2 Å². The summed E-state index contributed by atoms with van der Waals surface area (Å²) < 4.78 is 18.2. The number of nitrogens with one attached hydrogen (secondary N) is 1. The Balaban J connectivity index is 2.08. The second-order valence-corrected chi connectivity index (χ2v) is 6.25. The van der Waals surface area contributed by atoms with Crippen LogP contribution < -0.4 is 11.1 Å². The van der Waals surface area contributed by atoms with Gasteiger partial charge in [-0.3, -0.25) is 14.4 Å². The van der Waals surface area contributed by atoms with E-state index in [1.165, 1.54) is 29.2 Å². The van der Waals surface area contributed by atoms with Gasteiger partial charge in [-0.1, -0.05) is 13.8 Å². The number of carbonyl (C=O) groups is 3. The van der Waals surface area contributed by atoms with E-state index < -0.39 is 29.8 Å². The molecule has 136 valence electrons. The minimum Gasteiger partial charge on any atom is -0.367 e. The van der Waals surface area contributed by atoms with Crippen molar-refractivity contribution in [2.45, 2.75) is 26.0 Å². The first-order valence-electron chi connectivity index (χ1n) is 8.05. The van der Waals surface area contributed by atoms with E-state index in [9.17, 15) is 18.8 Å². The number of benzene rings is 1. The van der Waals surface area contributed by atoms with Crippen molar-refractivity contribution < 1.29 is 23.5 Å². The summed E-state index contributed by atoms with van der Waals surface area (Å²) in [6.45, 7) is 4.19. The summed E-state index contributed by atoms with van der Waals surface area (Å²) in [6.07, 6.45) is -0.849. The summed E-state index contributed by atoms with van der Waals surface area (Å²) in [7, 11) is 0. The molecule has 7 nitrogen and oxygen atoms in total. The monoisotopic (exact) mass is 351 g/mol. The third-order valence-corrected chi connectivity index (χ3v) is 4.02. The average molecular weight is 351 g/mol. The van der Waals surface area contributed by atoms with Gasteiger partial charge in [0.15, 0.2) is 6.10 Å². The van der Waals surface area contributed by atoms with Crippen LogP contribution in [-0.4, -0.2) is 54.5 Å². The van der Waals surface area contributed by atoms with Gasteiger partial charge in [0.1, 0.15) is 11.9 Å². The predicted octanol–water partition coefficient (Wildman–Crippen LogP) is 0.293. The Labute approximate surface area is 145 Å². The number of carbonyl (C=O) groups excluding carboxylic acids is 3. The van der Waals surface area contributed by atoms with Gasteiger partial charge in [0.2, 0.25) is 11.8 Å². The lowest BCUT2D eigenvalue weighted by Gasteiger charge is -2.35. The van der Waals surface area contributed by atoms with Gasteiger partial charge < -0.3 is 20.7 Å². The normalized spacial score (nSPS) is 18.7. The number of hydrogen-bond acceptors (Lipinski definition) is 4. The van der Waals surface area contributed by atoms with Crippen molar-refractivity contribution in [1.82, 2.24) is 10.2 Å². The molecule has 2 unspecified atom stereocenters. The van der Waals surface area contributed by atoms with Crippen LogP contribution in [0.1, 0.15) is 24.2 Å². The van der Waals surface area contributed by atoms with Gasteiger partial charge in [-0.05, 0) is 30.2 Å². The fraction of sp³-hybridized carbons (Fsp3) is 0.471. The van der Waals surface area contributed by atoms with Crippen LogP contribution in [0.3, 0.4) is 0 Å². The third kappa shape index (κ3) is 4.76. The highest BCUT2D eigenvalue weighted by Crippen LogP contribution is 2.12. The average Bonchev–Trinajstić information content (AvgIpc) is 2.59. The van der Waals surface area contributed by atoms with Crippen LogP contribution in [0.5, 0.6) is 0 Å². The Hall–Kier alpha value is -2.48. The number of primary amides is 1. The Bertz CT molecular complexity index is 648. The third-order valence-electron chi connectivity index (χ3n) is 4.02. The van der Waals surface area contributed by atoms with E-state index in [-0.39, 0.29) is 30.5 Å². The highest BCUT2D eigenvalue weighted by atomic mass is 19.1. The molecule has 0 radical (unpaired) electrons. The molecule has 25 heavy (non-hydrogen) atoms. The highest BCUT2D eigenvalue weighted by molar-refractivity contribution is 5.97. The lowest BCUT2D eigenvalue weighted by Crippen LogP contribution is -2.57. The van der Waals surface area contributed by atoms with E-state index in [2.05, 4.69) is 5.32 Å². The van der Waals surface area contributed by atoms with E-state index in [0.717, 1.165) is 0 Å². The van der Waals surface area contributed by atoms with Crippen molar-refractivity contribution in [2.24, 2.45) is 11.7 Å². The maximum Gasteiger partial charge on any atom is 0.251 e. The van der Waals surface area contributed by atoms with Crippen LogP contribution in [0.25, 0.3) is 0 Å². The topological polar surface area (TPSA) is 102 Å². The molecular weight excluding hydrogens is 329 g/mol. The van der Waals surface area contributed by atoms with E-state index in [0.29, 0.717) is 6.54 Å². The molecule has 0 aromatic heterocycles. The summed E-state index contributed by atoms with van der Waals surface area (Å²) in [5, 5.41) is 2.68. The van der Waals surface area contributed by atoms with Gasteiger partial charge in [-0.15, -0.1) is 0 Å². The van der Waals surface area contributed by atoms with Crippen molar-refractivity contribution >= 4 is 17.7 Å². The van der Waals surface area contributed by atoms with E-state index in [1.54, 1.807) is 13.8 Å². The number of nitrogens with two attached hydrogens (primary N) is 1. The minimum atomic E-state index is -0.849. The van der Waals surface area contributed by atoms with E-state index >= 15 is 0 Å². The molecule has 2 rings (SSSR count). The zero-order chi connectivity index (χ0) is 18.6. The summed E-state index contributed by atoms with van der Waals surface area (Å²) >= 11 is 0. The Morgan fingerprint density at radius 1 is 1.28 bits per heavy atom. The molecule has 1 aliphatic heterocycles. The predicted molar refractivity (Wildman–Crippen MR) is 88.0 cm³/mol. The quantitative estimate of drug-likeness (QED) is 0.796. The van der Waals surface area contributed by atoms with Crippen molar-refractivity contribution in [3.8, 4) is 0 Å². The molecule has 1 saturated heterocycles. The van der Waals surface area contributed by atoms with Crippen LogP contribution in [-0.2, 0) is 14.3 Å². The standard InChI is InChI=1S/C17H22FN3O4/c1-10(2)14(20-16(23)11-3-5-12(18)6-4-11)17(24)21-7-8-25-13(9-21)15(19)22/h3-6,10,13-14H,7-9H2,1-2H3,(H2,19,22)(H,20,23). The number of amides is 3. The minimum absolute atomic E-state index is 0.0593. The van der Waals surface area contributed by atoms with Crippen LogP contribution >= 0.6 is 0 Å². The van der Waals surface area contributed by atoms with Gasteiger partial charge in [0, 0.05) is 12.1 Å². The molecule has 1 fully saturated rings. The Morgan fingerprint density at radius 2 is 1.92 bits per heavy atom. The van der Waals surface area contributed by atoms with E-state index in [1.807, 2.05) is 0 Å². The largest absolute Gasteiger partial charge is 0.367 e. The molecule has 2 atom stereocenters. The molecule has 3 N–H and O–H groups in total. The van der Waals surface area contributed by atoms with Crippen LogP contribution in [0.4, 0.5) is 4.39 Å². The van der Waals surface area contributed by atoms with Crippen molar-refractivity contribution in [2.75, 3.05) is 19.7 Å². The molecule has 1 aromatic rings. The molecule has 1 heterocycles. The molecule has 0 bridgehead atoms. The molecule has 1 aromatic carbocycles. The second-order valence-electron chi connectivity index (χ2n) is 6.25. The van der Waals surface area contributed by atoms with Crippen LogP contribution in [0.15, 0.2) is 24.3 Å². The molecule has 0 aliphatic carbocycles. The van der Waals surface area contributed by atoms with Gasteiger partial charge >= 0.3 is 0 Å². The number of ether oxygens (including phenoxy) is 1.